The fourth-order valence-corrected chi connectivity index (χ4v) is 1.73. The summed E-state index contributed by atoms with van der Waals surface area (Å²) in [6, 6.07) is 0. The van der Waals surface area contributed by atoms with E-state index in [1.54, 1.807) is 0 Å². The van der Waals surface area contributed by atoms with Gasteiger partial charge in [-0.2, -0.15) is 0 Å². The molecule has 0 fully saturated rings. The molecule has 0 aliphatic rings. The maximum Gasteiger partial charge on any atom is 0.330 e. The number of carbonyl (C=O) groups is 1. The summed E-state index contributed by atoms with van der Waals surface area (Å²) in [5, 5.41) is 0. The van der Waals surface area contributed by atoms with E-state index in [9.17, 15) is 4.79 Å². The summed E-state index contributed by atoms with van der Waals surface area (Å²) in [4.78, 5) is 10.6. The topological polar surface area (TPSA) is 26.3 Å². The van der Waals surface area contributed by atoms with Gasteiger partial charge < -0.3 is 4.74 Å². The number of esters is 1. The maximum absolute atomic E-state index is 10.6. The zero-order valence-corrected chi connectivity index (χ0v) is 13.3. The molecule has 0 saturated carbocycles. The number of hydrogen-bond acceptors (Lipinski definition) is 2. The first-order valence-corrected chi connectivity index (χ1v) is 6.78. The van der Waals surface area contributed by atoms with Crippen molar-refractivity contribution in [3.05, 3.63) is 12.7 Å². The van der Waals surface area contributed by atoms with Gasteiger partial charge in [0.15, 0.2) is 0 Å². The Bertz CT molecular complexity index is 165. The van der Waals surface area contributed by atoms with Crippen LogP contribution in [0.1, 0.15) is 12.8 Å². The molecule has 0 saturated heterocycles. The van der Waals surface area contributed by atoms with Crippen LogP contribution in [0, 0.1) is 0 Å². The summed E-state index contributed by atoms with van der Waals surface area (Å²) in [6.45, 7) is 3.83. The lowest BCUT2D eigenvalue weighted by Gasteiger charge is -2.12. The van der Waals surface area contributed by atoms with Gasteiger partial charge in [0.1, 0.15) is 0 Å². The first-order valence-electron chi connectivity index (χ1n) is 3.63. The Morgan fingerprint density at radius 1 is 1.67 bits per heavy atom. The Balaban J connectivity index is 3.34. The normalized spacial score (nSPS) is 11.2. The molecule has 0 bridgehead atoms. The van der Waals surface area contributed by atoms with E-state index in [4.69, 9.17) is 4.74 Å². The third-order valence-corrected chi connectivity index (χ3v) is 2.75. The second-order valence-corrected chi connectivity index (χ2v) is 15.1. The molecule has 0 N–H and O–H groups in total. The van der Waals surface area contributed by atoms with Crippen molar-refractivity contribution in [2.75, 3.05) is 6.61 Å². The summed E-state index contributed by atoms with van der Waals surface area (Å²) in [6.07, 6.45) is 3.24. The summed E-state index contributed by atoms with van der Waals surface area (Å²) in [5.74, 6) is -0.323. The summed E-state index contributed by atoms with van der Waals surface area (Å²) in [7, 11) is 1.15. The predicted octanol–water partition coefficient (Wildman–Crippen LogP) is 1.39. The van der Waals surface area contributed by atoms with Gasteiger partial charge in [0, 0.05) is 16.3 Å². The van der Waals surface area contributed by atoms with Crippen molar-refractivity contribution in [1.82, 2.24) is 0 Å². The molecule has 0 spiro atoms. The van der Waals surface area contributed by atoms with Crippen molar-refractivity contribution >= 4 is 61.4 Å². The minimum atomic E-state index is -0.323. The second-order valence-electron chi connectivity index (χ2n) is 2.55. The van der Waals surface area contributed by atoms with Crippen LogP contribution in [0.3, 0.4) is 0 Å². The van der Waals surface area contributed by atoms with Crippen LogP contribution in [0.4, 0.5) is 0 Å². The van der Waals surface area contributed by atoms with Crippen LogP contribution in [-0.2, 0) is 9.53 Å². The second kappa shape index (κ2) is 6.36. The minimum Gasteiger partial charge on any atom is -0.463 e. The van der Waals surface area contributed by atoms with E-state index in [1.807, 2.05) is 0 Å². The SMILES string of the molecule is C=CC(=O)OCCCC([SiH3])(I)I. The highest BCUT2D eigenvalue weighted by Gasteiger charge is 2.13. The molecule has 0 rings (SSSR count). The van der Waals surface area contributed by atoms with E-state index >= 15 is 0 Å². The Morgan fingerprint density at radius 3 is 2.67 bits per heavy atom. The molecule has 0 aromatic rings. The third-order valence-electron chi connectivity index (χ3n) is 1.17. The molecule has 12 heavy (non-hydrogen) atoms. The van der Waals surface area contributed by atoms with Crippen LogP contribution in [-0.4, -0.2) is 23.9 Å². The maximum atomic E-state index is 10.6. The molecular weight excluding hydrogens is 398 g/mol. The number of ether oxygens (including phenoxy) is 1. The standard InChI is InChI=1S/C7H12I2O2Si/c1-2-6(10)11-5-3-4-7(8,9)12/h2H,1,3-5H2,12H3. The predicted molar refractivity (Wildman–Crippen MR) is 71.1 cm³/mol. The zero-order chi connectivity index (χ0) is 9.61. The van der Waals surface area contributed by atoms with Gasteiger partial charge >= 0.3 is 5.97 Å². The van der Waals surface area contributed by atoms with Crippen LogP contribution in [0.2, 0.25) is 0 Å². The highest BCUT2D eigenvalue weighted by Crippen LogP contribution is 2.28. The molecule has 5 heteroatoms. The third kappa shape index (κ3) is 8.98. The monoisotopic (exact) mass is 410 g/mol. The van der Waals surface area contributed by atoms with Crippen molar-refractivity contribution in [2.45, 2.75) is 13.9 Å². The van der Waals surface area contributed by atoms with Gasteiger partial charge in [-0.3, -0.25) is 0 Å². The van der Waals surface area contributed by atoms with Crippen LogP contribution < -0.4 is 0 Å². The molecule has 70 valence electrons. The van der Waals surface area contributed by atoms with Crippen LogP contribution >= 0.6 is 45.2 Å². The molecule has 0 aromatic carbocycles. The van der Waals surface area contributed by atoms with Crippen molar-refractivity contribution in [3.63, 3.8) is 0 Å². The average molecular weight is 410 g/mol. The Morgan fingerprint density at radius 2 is 2.25 bits per heavy atom. The number of carbonyl (C=O) groups excluding carboxylic acids is 1. The lowest BCUT2D eigenvalue weighted by molar-refractivity contribution is -0.137. The molecule has 0 aliphatic heterocycles. The summed E-state index contributed by atoms with van der Waals surface area (Å²) < 4.78 is 5.24. The van der Waals surface area contributed by atoms with Gasteiger partial charge in [-0.15, -0.1) is 0 Å². The van der Waals surface area contributed by atoms with E-state index in [1.165, 1.54) is 6.08 Å². The van der Waals surface area contributed by atoms with Crippen molar-refractivity contribution in [2.24, 2.45) is 0 Å². The average Bonchev–Trinajstić information content (AvgIpc) is 1.96. The molecule has 0 amide bonds. The molecule has 2 nitrogen and oxygen atoms in total. The van der Waals surface area contributed by atoms with E-state index in [0.717, 1.165) is 23.1 Å². The molecule has 0 atom stereocenters. The van der Waals surface area contributed by atoms with Gasteiger partial charge in [-0.25, -0.2) is 4.79 Å². The number of rotatable bonds is 5. The van der Waals surface area contributed by atoms with Crippen molar-refractivity contribution in [3.8, 4) is 0 Å². The minimum absolute atomic E-state index is 0.323. The Kier molecular flexibility index (Phi) is 6.83. The van der Waals surface area contributed by atoms with E-state index in [0.29, 0.717) is 7.66 Å². The van der Waals surface area contributed by atoms with Gasteiger partial charge in [-0.1, -0.05) is 51.8 Å². The van der Waals surface area contributed by atoms with Crippen LogP contribution in [0.25, 0.3) is 0 Å². The fraction of sp³-hybridized carbons (Fsp3) is 0.571. The lowest BCUT2D eigenvalue weighted by Crippen LogP contribution is -2.12. The number of alkyl halides is 2. The van der Waals surface area contributed by atoms with Crippen LogP contribution in [0.15, 0.2) is 12.7 Å². The van der Waals surface area contributed by atoms with Crippen molar-refractivity contribution < 1.29 is 9.53 Å². The largest absolute Gasteiger partial charge is 0.463 e. The van der Waals surface area contributed by atoms with Gasteiger partial charge in [0.25, 0.3) is 0 Å². The lowest BCUT2D eigenvalue weighted by atomic mass is 10.3. The molecule has 0 aromatic heterocycles. The highest BCUT2D eigenvalue weighted by atomic mass is 127. The molecule has 0 heterocycles. The van der Waals surface area contributed by atoms with E-state index in [-0.39, 0.29) is 5.97 Å². The zero-order valence-electron chi connectivity index (χ0n) is 6.98. The molecule has 0 radical (unpaired) electrons. The van der Waals surface area contributed by atoms with Gasteiger partial charge in [0.2, 0.25) is 0 Å². The first kappa shape index (κ1) is 12.9. The van der Waals surface area contributed by atoms with Crippen molar-refractivity contribution in [1.29, 1.82) is 0 Å². The Labute approximate surface area is 103 Å². The number of halogens is 2. The molecule has 0 aliphatic carbocycles. The first-order chi connectivity index (χ1) is 5.45. The van der Waals surface area contributed by atoms with E-state index in [2.05, 4.69) is 51.8 Å². The number of hydrogen-bond donors (Lipinski definition) is 0. The molecular formula is C7H12I2O2Si. The van der Waals surface area contributed by atoms with Gasteiger partial charge in [0.05, 0.1) is 7.66 Å². The summed E-state index contributed by atoms with van der Waals surface area (Å²) >= 11 is 4.86. The Hall–Kier alpha value is 0.887. The molecule has 0 unspecified atom stereocenters. The van der Waals surface area contributed by atoms with E-state index < -0.39 is 0 Å². The quantitative estimate of drug-likeness (QED) is 0.171. The van der Waals surface area contributed by atoms with Crippen LogP contribution in [0.5, 0.6) is 0 Å². The smallest absolute Gasteiger partial charge is 0.330 e. The summed E-state index contributed by atoms with van der Waals surface area (Å²) in [5.41, 5.74) is 0. The van der Waals surface area contributed by atoms with Gasteiger partial charge in [-0.05, 0) is 12.8 Å². The fourth-order valence-electron chi connectivity index (χ4n) is 0.614. The highest BCUT2D eigenvalue weighted by molar-refractivity contribution is 14.2.